The van der Waals surface area contributed by atoms with E-state index in [-0.39, 0.29) is 6.42 Å². The first-order chi connectivity index (χ1) is 8.06. The van der Waals surface area contributed by atoms with E-state index >= 15 is 0 Å². The minimum Gasteiger partial charge on any atom is -0.446 e. The normalized spacial score (nSPS) is 19.0. The second-order valence-electron chi connectivity index (χ2n) is 3.76. The zero-order valence-corrected chi connectivity index (χ0v) is 9.14. The van der Waals surface area contributed by atoms with Gasteiger partial charge in [-0.3, -0.25) is 4.79 Å². The molecule has 0 spiro atoms. The lowest BCUT2D eigenvalue weighted by Crippen LogP contribution is -2.22. The molecule has 0 aromatic heterocycles. The van der Waals surface area contributed by atoms with Gasteiger partial charge in [0.2, 0.25) is 6.10 Å². The van der Waals surface area contributed by atoms with Crippen LogP contribution >= 0.6 is 0 Å². The zero-order valence-electron chi connectivity index (χ0n) is 9.14. The summed E-state index contributed by atoms with van der Waals surface area (Å²) in [6.07, 6.45) is -1.33. The fraction of sp³-hybridized carbons (Fsp3) is 0.250. The third-order valence-corrected chi connectivity index (χ3v) is 2.37. The van der Waals surface area contributed by atoms with Gasteiger partial charge in [-0.05, 0) is 19.1 Å². The summed E-state index contributed by atoms with van der Waals surface area (Å²) in [6.45, 7) is 1.89. The van der Waals surface area contributed by atoms with Crippen molar-refractivity contribution in [2.75, 3.05) is 0 Å². The number of carbonyl (C=O) groups excluding carboxylic acids is 3. The number of esters is 3. The highest BCUT2D eigenvalue weighted by molar-refractivity contribution is 5.99. The van der Waals surface area contributed by atoms with Crippen molar-refractivity contribution in [2.45, 2.75) is 19.4 Å². The molecule has 1 aromatic carbocycles. The molecule has 0 saturated carbocycles. The minimum absolute atomic E-state index is 0.212. The van der Waals surface area contributed by atoms with Crippen LogP contribution in [0.15, 0.2) is 24.3 Å². The molecule has 1 aromatic rings. The van der Waals surface area contributed by atoms with Gasteiger partial charge in [-0.25, -0.2) is 9.59 Å². The average Bonchev–Trinajstić information content (AvgIpc) is 2.58. The number of cyclic esters (lactones) is 2. The van der Waals surface area contributed by atoms with Gasteiger partial charge >= 0.3 is 17.9 Å². The summed E-state index contributed by atoms with van der Waals surface area (Å²) in [4.78, 5) is 33.5. The molecule has 88 valence electrons. The molecular formula is C12H10O5. The van der Waals surface area contributed by atoms with Crippen molar-refractivity contribution in [3.8, 4) is 0 Å². The standard InChI is InChI=1S/C12H10O5/c1-7-2-4-8(5-3-7)11(14)16-9-6-10(13)17-12(9)15/h2-5,9H,6H2,1H3. The van der Waals surface area contributed by atoms with Crippen molar-refractivity contribution in [3.05, 3.63) is 35.4 Å². The van der Waals surface area contributed by atoms with Gasteiger partial charge in [0, 0.05) is 0 Å². The van der Waals surface area contributed by atoms with Gasteiger partial charge in [-0.1, -0.05) is 17.7 Å². The van der Waals surface area contributed by atoms with Crippen LogP contribution in [0.4, 0.5) is 0 Å². The van der Waals surface area contributed by atoms with E-state index in [1.54, 1.807) is 24.3 Å². The van der Waals surface area contributed by atoms with Gasteiger partial charge in [0.25, 0.3) is 0 Å². The van der Waals surface area contributed by atoms with Gasteiger partial charge in [0.15, 0.2) is 0 Å². The van der Waals surface area contributed by atoms with E-state index in [0.29, 0.717) is 5.56 Å². The van der Waals surface area contributed by atoms with Crippen LogP contribution in [0, 0.1) is 6.92 Å². The van der Waals surface area contributed by atoms with Crippen molar-refractivity contribution in [1.29, 1.82) is 0 Å². The highest BCUT2D eigenvalue weighted by Gasteiger charge is 2.36. The summed E-state index contributed by atoms with van der Waals surface area (Å²) in [7, 11) is 0. The Morgan fingerprint density at radius 1 is 1.29 bits per heavy atom. The maximum atomic E-state index is 11.6. The number of aryl methyl sites for hydroxylation is 1. The Balaban J connectivity index is 2.04. The Morgan fingerprint density at radius 3 is 2.47 bits per heavy atom. The smallest absolute Gasteiger partial charge is 0.355 e. The van der Waals surface area contributed by atoms with Crippen molar-refractivity contribution >= 4 is 17.9 Å². The first-order valence-corrected chi connectivity index (χ1v) is 5.08. The number of ether oxygens (including phenoxy) is 2. The van der Waals surface area contributed by atoms with E-state index < -0.39 is 24.0 Å². The molecule has 1 heterocycles. The molecule has 0 bridgehead atoms. The SMILES string of the molecule is Cc1ccc(C(=O)OC2CC(=O)OC2=O)cc1. The second-order valence-corrected chi connectivity index (χ2v) is 3.76. The molecular weight excluding hydrogens is 224 g/mol. The lowest BCUT2D eigenvalue weighted by Gasteiger charge is -2.07. The van der Waals surface area contributed by atoms with Gasteiger partial charge in [0.05, 0.1) is 12.0 Å². The first-order valence-electron chi connectivity index (χ1n) is 5.08. The molecule has 2 rings (SSSR count). The molecule has 17 heavy (non-hydrogen) atoms. The molecule has 1 saturated heterocycles. The minimum atomic E-state index is -1.11. The summed E-state index contributed by atoms with van der Waals surface area (Å²) >= 11 is 0. The van der Waals surface area contributed by atoms with Crippen LogP contribution in [0.3, 0.4) is 0 Å². The molecule has 1 unspecified atom stereocenters. The average molecular weight is 234 g/mol. The number of hydrogen-bond acceptors (Lipinski definition) is 5. The predicted molar refractivity (Wildman–Crippen MR) is 56.1 cm³/mol. The number of rotatable bonds is 2. The van der Waals surface area contributed by atoms with Crippen molar-refractivity contribution in [3.63, 3.8) is 0 Å². The summed E-state index contributed by atoms with van der Waals surface area (Å²) in [5.41, 5.74) is 1.35. The Hall–Kier alpha value is -2.17. The highest BCUT2D eigenvalue weighted by Crippen LogP contribution is 2.14. The molecule has 1 fully saturated rings. The third-order valence-electron chi connectivity index (χ3n) is 2.37. The van der Waals surface area contributed by atoms with E-state index in [9.17, 15) is 14.4 Å². The van der Waals surface area contributed by atoms with Crippen LogP contribution < -0.4 is 0 Å². The number of carbonyl (C=O) groups is 3. The van der Waals surface area contributed by atoms with Gasteiger partial charge < -0.3 is 9.47 Å². The summed E-state index contributed by atoms with van der Waals surface area (Å²) in [5, 5.41) is 0. The lowest BCUT2D eigenvalue weighted by molar-refractivity contribution is -0.154. The molecule has 5 nitrogen and oxygen atoms in total. The molecule has 5 heteroatoms. The van der Waals surface area contributed by atoms with Crippen LogP contribution in [0.1, 0.15) is 22.3 Å². The fourth-order valence-corrected chi connectivity index (χ4v) is 1.43. The monoisotopic (exact) mass is 234 g/mol. The first kappa shape index (κ1) is 11.3. The van der Waals surface area contributed by atoms with Crippen molar-refractivity contribution in [2.24, 2.45) is 0 Å². The van der Waals surface area contributed by atoms with E-state index in [4.69, 9.17) is 4.74 Å². The largest absolute Gasteiger partial charge is 0.446 e. The third kappa shape index (κ3) is 2.50. The summed E-state index contributed by atoms with van der Waals surface area (Å²) in [6, 6.07) is 6.71. The molecule has 0 radical (unpaired) electrons. The van der Waals surface area contributed by atoms with Gasteiger partial charge in [-0.15, -0.1) is 0 Å². The molecule has 1 atom stereocenters. The van der Waals surface area contributed by atoms with E-state index in [0.717, 1.165) is 5.56 Å². The van der Waals surface area contributed by atoms with Gasteiger partial charge in [0.1, 0.15) is 0 Å². The molecule has 0 aliphatic carbocycles. The Labute approximate surface area is 97.3 Å². The van der Waals surface area contributed by atoms with Crippen molar-refractivity contribution < 1.29 is 23.9 Å². The second kappa shape index (κ2) is 4.37. The molecule has 1 aliphatic heterocycles. The highest BCUT2D eigenvalue weighted by atomic mass is 16.6. The Kier molecular flexibility index (Phi) is 2.91. The predicted octanol–water partition coefficient (Wildman–Crippen LogP) is 0.994. The van der Waals surface area contributed by atoms with Crippen LogP contribution in [0.5, 0.6) is 0 Å². The van der Waals surface area contributed by atoms with E-state index in [1.807, 2.05) is 6.92 Å². The molecule has 0 N–H and O–H groups in total. The quantitative estimate of drug-likeness (QED) is 0.563. The lowest BCUT2D eigenvalue weighted by atomic mass is 10.1. The van der Waals surface area contributed by atoms with Crippen LogP contribution in [0.2, 0.25) is 0 Å². The molecule has 0 amide bonds. The Morgan fingerprint density at radius 2 is 1.94 bits per heavy atom. The fourth-order valence-electron chi connectivity index (χ4n) is 1.43. The van der Waals surface area contributed by atoms with Crippen LogP contribution in [0.25, 0.3) is 0 Å². The van der Waals surface area contributed by atoms with Crippen LogP contribution in [-0.4, -0.2) is 24.0 Å². The van der Waals surface area contributed by atoms with E-state index in [1.165, 1.54) is 0 Å². The number of hydrogen-bond donors (Lipinski definition) is 0. The maximum Gasteiger partial charge on any atom is 0.355 e. The maximum absolute atomic E-state index is 11.6. The Bertz CT molecular complexity index is 474. The molecule has 1 aliphatic rings. The van der Waals surface area contributed by atoms with Crippen LogP contribution in [-0.2, 0) is 19.1 Å². The van der Waals surface area contributed by atoms with Gasteiger partial charge in [-0.2, -0.15) is 0 Å². The van der Waals surface area contributed by atoms with Crippen molar-refractivity contribution in [1.82, 2.24) is 0 Å². The zero-order chi connectivity index (χ0) is 12.4. The number of benzene rings is 1. The van der Waals surface area contributed by atoms with E-state index in [2.05, 4.69) is 4.74 Å². The summed E-state index contributed by atoms with van der Waals surface area (Å²) < 4.78 is 9.16. The topological polar surface area (TPSA) is 69.7 Å². The summed E-state index contributed by atoms with van der Waals surface area (Å²) in [5.74, 6) is -2.12.